The second-order valence-electron chi connectivity index (χ2n) is 6.65. The summed E-state index contributed by atoms with van der Waals surface area (Å²) < 4.78 is 20.9. The summed E-state index contributed by atoms with van der Waals surface area (Å²) in [6.07, 6.45) is 5.96. The first kappa shape index (κ1) is 20.5. The number of fused-ring (bicyclic) bond motifs is 1. The number of carbonyl (C=O) groups is 2. The van der Waals surface area contributed by atoms with E-state index in [0.29, 0.717) is 28.4 Å². The summed E-state index contributed by atoms with van der Waals surface area (Å²) in [5, 5.41) is 0. The monoisotopic (exact) mass is 396 g/mol. The van der Waals surface area contributed by atoms with Gasteiger partial charge in [0, 0.05) is 23.3 Å². The van der Waals surface area contributed by atoms with E-state index in [1.165, 1.54) is 38.5 Å². The van der Waals surface area contributed by atoms with Gasteiger partial charge in [0.15, 0.2) is 23.9 Å². The third-order valence-corrected chi connectivity index (χ3v) is 4.90. The fourth-order valence-electron chi connectivity index (χ4n) is 3.35. The smallest absolute Gasteiger partial charge is 0.331 e. The molecule has 0 fully saturated rings. The average molecular weight is 396 g/mol. The van der Waals surface area contributed by atoms with Crippen molar-refractivity contribution in [2.75, 3.05) is 27.9 Å². The number of methoxy groups -OCH3 is 3. The maximum Gasteiger partial charge on any atom is 0.331 e. The van der Waals surface area contributed by atoms with Gasteiger partial charge in [0.25, 0.3) is 0 Å². The fraction of sp³-hybridized carbons (Fsp3) is 0.304. The molecule has 0 saturated heterocycles. The number of ketones is 1. The highest BCUT2D eigenvalue weighted by Gasteiger charge is 2.15. The molecule has 0 unspecified atom stereocenters. The zero-order valence-corrected chi connectivity index (χ0v) is 16.8. The van der Waals surface area contributed by atoms with Crippen LogP contribution in [0, 0.1) is 0 Å². The molecule has 1 aliphatic carbocycles. The lowest BCUT2D eigenvalue weighted by atomic mass is 10.0. The van der Waals surface area contributed by atoms with E-state index in [1.807, 2.05) is 12.1 Å². The van der Waals surface area contributed by atoms with Crippen LogP contribution in [-0.4, -0.2) is 39.7 Å². The molecule has 0 atom stereocenters. The molecule has 1 aliphatic rings. The van der Waals surface area contributed by atoms with Gasteiger partial charge in [-0.25, -0.2) is 4.79 Å². The minimum Gasteiger partial charge on any atom is -0.496 e. The Morgan fingerprint density at radius 1 is 0.897 bits per heavy atom. The summed E-state index contributed by atoms with van der Waals surface area (Å²) in [6, 6.07) is 9.05. The SMILES string of the molecule is COc1cc(OC)c(OC)cc1/C=C/C(=O)OCC(=O)c1ccc2c(c1)CCC2. The molecule has 0 radical (unpaired) electrons. The van der Waals surface area contributed by atoms with E-state index in [-0.39, 0.29) is 12.4 Å². The summed E-state index contributed by atoms with van der Waals surface area (Å²) >= 11 is 0. The molecule has 0 aliphatic heterocycles. The van der Waals surface area contributed by atoms with E-state index >= 15 is 0 Å². The Balaban J connectivity index is 1.63. The Hall–Kier alpha value is -3.28. The molecular formula is C23H24O6. The van der Waals surface area contributed by atoms with Crippen LogP contribution in [0.4, 0.5) is 0 Å². The van der Waals surface area contributed by atoms with Gasteiger partial charge < -0.3 is 18.9 Å². The van der Waals surface area contributed by atoms with Gasteiger partial charge >= 0.3 is 5.97 Å². The van der Waals surface area contributed by atoms with Crippen molar-refractivity contribution in [3.63, 3.8) is 0 Å². The number of rotatable bonds is 8. The lowest BCUT2D eigenvalue weighted by Crippen LogP contribution is -2.12. The second-order valence-corrected chi connectivity index (χ2v) is 6.65. The van der Waals surface area contributed by atoms with Crippen molar-refractivity contribution in [2.24, 2.45) is 0 Å². The van der Waals surface area contributed by atoms with E-state index in [9.17, 15) is 9.59 Å². The van der Waals surface area contributed by atoms with Gasteiger partial charge in [-0.15, -0.1) is 0 Å². The molecule has 0 bridgehead atoms. The zero-order valence-electron chi connectivity index (χ0n) is 16.8. The van der Waals surface area contributed by atoms with Crippen LogP contribution in [0.3, 0.4) is 0 Å². The van der Waals surface area contributed by atoms with Crippen molar-refractivity contribution in [3.05, 3.63) is 58.7 Å². The van der Waals surface area contributed by atoms with Gasteiger partial charge in [0.05, 0.1) is 21.3 Å². The molecule has 2 aromatic carbocycles. The van der Waals surface area contributed by atoms with Crippen LogP contribution < -0.4 is 14.2 Å². The first-order valence-corrected chi connectivity index (χ1v) is 9.35. The Morgan fingerprint density at radius 3 is 2.31 bits per heavy atom. The first-order valence-electron chi connectivity index (χ1n) is 9.35. The Labute approximate surface area is 170 Å². The number of hydrogen-bond acceptors (Lipinski definition) is 6. The Kier molecular flexibility index (Phi) is 6.54. The molecule has 2 aromatic rings. The number of hydrogen-bond donors (Lipinski definition) is 0. The highest BCUT2D eigenvalue weighted by Crippen LogP contribution is 2.35. The van der Waals surface area contributed by atoms with Crippen molar-refractivity contribution in [1.82, 2.24) is 0 Å². The number of ether oxygens (including phenoxy) is 4. The van der Waals surface area contributed by atoms with Crippen molar-refractivity contribution in [2.45, 2.75) is 19.3 Å². The molecule has 0 amide bonds. The Bertz CT molecular complexity index is 945. The van der Waals surface area contributed by atoms with E-state index in [0.717, 1.165) is 19.3 Å². The van der Waals surface area contributed by atoms with E-state index in [2.05, 4.69) is 0 Å². The van der Waals surface area contributed by atoms with Crippen LogP contribution in [0.2, 0.25) is 0 Å². The summed E-state index contributed by atoms with van der Waals surface area (Å²) in [5.74, 6) is 0.708. The minimum atomic E-state index is -0.614. The van der Waals surface area contributed by atoms with Crippen LogP contribution in [-0.2, 0) is 22.4 Å². The molecule has 0 aromatic heterocycles. The maximum atomic E-state index is 12.3. The normalized spacial score (nSPS) is 12.5. The highest BCUT2D eigenvalue weighted by atomic mass is 16.5. The van der Waals surface area contributed by atoms with E-state index < -0.39 is 5.97 Å². The fourth-order valence-corrected chi connectivity index (χ4v) is 3.35. The van der Waals surface area contributed by atoms with Gasteiger partial charge in [0.2, 0.25) is 0 Å². The molecule has 29 heavy (non-hydrogen) atoms. The summed E-state index contributed by atoms with van der Waals surface area (Å²) in [4.78, 5) is 24.4. The average Bonchev–Trinajstić information content (AvgIpc) is 3.23. The number of esters is 1. The molecule has 3 rings (SSSR count). The largest absolute Gasteiger partial charge is 0.496 e. The topological polar surface area (TPSA) is 71.1 Å². The number of benzene rings is 2. The molecule has 6 heteroatoms. The minimum absolute atomic E-state index is 0.217. The van der Waals surface area contributed by atoms with E-state index in [1.54, 1.807) is 24.3 Å². The molecular weight excluding hydrogens is 372 g/mol. The summed E-state index contributed by atoms with van der Waals surface area (Å²) in [6.45, 7) is -0.301. The molecule has 0 spiro atoms. The van der Waals surface area contributed by atoms with Crippen LogP contribution in [0.5, 0.6) is 17.2 Å². The second kappa shape index (κ2) is 9.28. The van der Waals surface area contributed by atoms with E-state index in [4.69, 9.17) is 18.9 Å². The first-order chi connectivity index (χ1) is 14.0. The molecule has 0 N–H and O–H groups in total. The lowest BCUT2D eigenvalue weighted by Gasteiger charge is -2.12. The van der Waals surface area contributed by atoms with Crippen molar-refractivity contribution in [3.8, 4) is 17.2 Å². The van der Waals surface area contributed by atoms with Crippen LogP contribution >= 0.6 is 0 Å². The lowest BCUT2D eigenvalue weighted by molar-refractivity contribution is -0.136. The maximum absolute atomic E-state index is 12.3. The van der Waals surface area contributed by atoms with Crippen LogP contribution in [0.1, 0.15) is 33.5 Å². The number of carbonyl (C=O) groups excluding carboxylic acids is 2. The van der Waals surface area contributed by atoms with Crippen molar-refractivity contribution < 1.29 is 28.5 Å². The van der Waals surface area contributed by atoms with Gasteiger partial charge in [-0.1, -0.05) is 12.1 Å². The summed E-state index contributed by atoms with van der Waals surface area (Å²) in [7, 11) is 4.57. The molecule has 0 saturated carbocycles. The predicted octanol–water partition coefficient (Wildman–Crippen LogP) is 3.64. The van der Waals surface area contributed by atoms with Gasteiger partial charge in [-0.2, -0.15) is 0 Å². The van der Waals surface area contributed by atoms with Crippen LogP contribution in [0.15, 0.2) is 36.4 Å². The summed E-state index contributed by atoms with van der Waals surface area (Å²) in [5.41, 5.74) is 3.70. The number of Topliss-reactive ketones (excluding diaryl/α,β-unsaturated/α-hetero) is 1. The predicted molar refractivity (Wildman–Crippen MR) is 109 cm³/mol. The Morgan fingerprint density at radius 2 is 1.59 bits per heavy atom. The van der Waals surface area contributed by atoms with Crippen LogP contribution in [0.25, 0.3) is 6.08 Å². The molecule has 152 valence electrons. The number of aryl methyl sites for hydroxylation is 2. The van der Waals surface area contributed by atoms with Gasteiger partial charge in [-0.05, 0) is 48.6 Å². The molecule has 6 nitrogen and oxygen atoms in total. The quantitative estimate of drug-likeness (QED) is 0.385. The molecule has 0 heterocycles. The third-order valence-electron chi connectivity index (χ3n) is 4.90. The third kappa shape index (κ3) is 4.77. The standard InChI is InChI=1S/C23H24O6/c1-26-20-13-22(28-3)21(27-2)12-18(20)9-10-23(25)29-14-19(24)17-8-7-15-5-4-6-16(15)11-17/h7-13H,4-6,14H2,1-3H3/b10-9+. The van der Waals surface area contributed by atoms with Crippen molar-refractivity contribution >= 4 is 17.8 Å². The van der Waals surface area contributed by atoms with Crippen molar-refractivity contribution in [1.29, 1.82) is 0 Å². The zero-order chi connectivity index (χ0) is 20.8. The highest BCUT2D eigenvalue weighted by molar-refractivity contribution is 5.99. The van der Waals surface area contributed by atoms with Gasteiger partial charge in [-0.3, -0.25) is 4.79 Å². The van der Waals surface area contributed by atoms with Gasteiger partial charge in [0.1, 0.15) is 5.75 Å².